The predicted molar refractivity (Wildman–Crippen MR) is 97.0 cm³/mol. The molecule has 1 fully saturated rings. The summed E-state index contributed by atoms with van der Waals surface area (Å²) >= 11 is 0. The fraction of sp³-hybridized carbons (Fsp3) is 0.381. The van der Waals surface area contributed by atoms with Crippen molar-refractivity contribution in [3.8, 4) is 11.1 Å². The van der Waals surface area contributed by atoms with Crippen molar-refractivity contribution in [2.45, 2.75) is 19.8 Å². The van der Waals surface area contributed by atoms with Crippen LogP contribution in [0.4, 0.5) is 0 Å². The van der Waals surface area contributed by atoms with E-state index in [0.717, 1.165) is 55.8 Å². The smallest absolute Gasteiger partial charge is 0.254 e. The summed E-state index contributed by atoms with van der Waals surface area (Å²) in [6, 6.07) is 18.0. The Labute approximate surface area is 144 Å². The molecule has 24 heavy (non-hydrogen) atoms. The molecule has 0 unspecified atom stereocenters. The molecule has 2 aromatic rings. The van der Waals surface area contributed by atoms with Gasteiger partial charge in [0.2, 0.25) is 0 Å². The molecule has 0 bridgehead atoms. The maximum atomic E-state index is 13.1. The van der Waals surface area contributed by atoms with Gasteiger partial charge in [-0.2, -0.15) is 0 Å². The summed E-state index contributed by atoms with van der Waals surface area (Å²) in [6.45, 7) is 5.25. The number of hydrogen-bond acceptors (Lipinski definition) is 2. The molecule has 0 aliphatic carbocycles. The zero-order chi connectivity index (χ0) is 16.8. The molecule has 3 heteroatoms. The third kappa shape index (κ3) is 3.85. The quantitative estimate of drug-likeness (QED) is 0.823. The minimum absolute atomic E-state index is 0.128. The van der Waals surface area contributed by atoms with Crippen molar-refractivity contribution in [3.05, 3.63) is 60.2 Å². The van der Waals surface area contributed by atoms with Crippen molar-refractivity contribution in [1.82, 2.24) is 4.90 Å². The van der Waals surface area contributed by atoms with Crippen LogP contribution in [0.5, 0.6) is 0 Å². The normalized spacial score (nSPS) is 15.2. The SMILES string of the molecule is CCN(CC1CCOCC1)C(=O)c1ccccc1-c1ccccc1. The Bertz CT molecular complexity index is 663. The van der Waals surface area contributed by atoms with Gasteiger partial charge in [0.25, 0.3) is 5.91 Å². The molecule has 0 radical (unpaired) electrons. The minimum Gasteiger partial charge on any atom is -0.381 e. The van der Waals surface area contributed by atoms with Crippen LogP contribution < -0.4 is 0 Å². The van der Waals surface area contributed by atoms with Crippen molar-refractivity contribution in [3.63, 3.8) is 0 Å². The van der Waals surface area contributed by atoms with Gasteiger partial charge in [0.15, 0.2) is 0 Å². The van der Waals surface area contributed by atoms with Gasteiger partial charge in [0.1, 0.15) is 0 Å². The van der Waals surface area contributed by atoms with Crippen molar-refractivity contribution in [2.24, 2.45) is 5.92 Å². The third-order valence-corrected chi connectivity index (χ3v) is 4.73. The Morgan fingerprint density at radius 3 is 2.42 bits per heavy atom. The number of rotatable bonds is 5. The second kappa shape index (κ2) is 8.11. The maximum Gasteiger partial charge on any atom is 0.254 e. The van der Waals surface area contributed by atoms with Gasteiger partial charge < -0.3 is 9.64 Å². The number of carbonyl (C=O) groups is 1. The average molecular weight is 323 g/mol. The summed E-state index contributed by atoms with van der Waals surface area (Å²) in [7, 11) is 0. The Hall–Kier alpha value is -2.13. The molecule has 1 aliphatic rings. The van der Waals surface area contributed by atoms with Crippen LogP contribution in [0, 0.1) is 5.92 Å². The lowest BCUT2D eigenvalue weighted by Gasteiger charge is -2.29. The number of amides is 1. The van der Waals surface area contributed by atoms with E-state index in [1.165, 1.54) is 0 Å². The highest BCUT2D eigenvalue weighted by Crippen LogP contribution is 2.25. The maximum absolute atomic E-state index is 13.1. The van der Waals surface area contributed by atoms with E-state index in [-0.39, 0.29) is 5.91 Å². The molecule has 3 nitrogen and oxygen atoms in total. The highest BCUT2D eigenvalue weighted by atomic mass is 16.5. The predicted octanol–water partition coefficient (Wildman–Crippen LogP) is 4.24. The summed E-state index contributed by atoms with van der Waals surface area (Å²) in [5.41, 5.74) is 2.88. The zero-order valence-electron chi connectivity index (χ0n) is 14.3. The minimum atomic E-state index is 0.128. The topological polar surface area (TPSA) is 29.5 Å². The van der Waals surface area contributed by atoms with Gasteiger partial charge in [-0.15, -0.1) is 0 Å². The van der Waals surface area contributed by atoms with Gasteiger partial charge >= 0.3 is 0 Å². The Balaban J connectivity index is 1.83. The second-order valence-corrected chi connectivity index (χ2v) is 6.31. The first-order chi connectivity index (χ1) is 11.8. The number of benzene rings is 2. The van der Waals surface area contributed by atoms with Gasteiger partial charge in [-0.1, -0.05) is 48.5 Å². The van der Waals surface area contributed by atoms with E-state index in [1.807, 2.05) is 47.4 Å². The molecule has 1 amide bonds. The Morgan fingerprint density at radius 2 is 1.71 bits per heavy atom. The third-order valence-electron chi connectivity index (χ3n) is 4.73. The van der Waals surface area contributed by atoms with Crippen LogP contribution in [0.25, 0.3) is 11.1 Å². The van der Waals surface area contributed by atoms with Crippen LogP contribution in [0.3, 0.4) is 0 Å². The number of ether oxygens (including phenoxy) is 1. The van der Waals surface area contributed by atoms with Crippen molar-refractivity contribution < 1.29 is 9.53 Å². The van der Waals surface area contributed by atoms with Gasteiger partial charge in [-0.3, -0.25) is 4.79 Å². The molecule has 1 saturated heterocycles. The van der Waals surface area contributed by atoms with E-state index in [4.69, 9.17) is 4.74 Å². The zero-order valence-corrected chi connectivity index (χ0v) is 14.3. The van der Waals surface area contributed by atoms with E-state index in [2.05, 4.69) is 19.1 Å². The molecule has 0 saturated carbocycles. The summed E-state index contributed by atoms with van der Waals surface area (Å²) in [4.78, 5) is 15.1. The highest BCUT2D eigenvalue weighted by Gasteiger charge is 2.22. The molecule has 0 atom stereocenters. The van der Waals surface area contributed by atoms with Gasteiger partial charge in [0, 0.05) is 31.9 Å². The molecule has 0 spiro atoms. The first kappa shape index (κ1) is 16.7. The van der Waals surface area contributed by atoms with Crippen LogP contribution in [-0.4, -0.2) is 37.1 Å². The molecule has 126 valence electrons. The molecular formula is C21H25NO2. The van der Waals surface area contributed by atoms with E-state index < -0.39 is 0 Å². The van der Waals surface area contributed by atoms with E-state index in [1.54, 1.807) is 0 Å². The Morgan fingerprint density at radius 1 is 1.04 bits per heavy atom. The van der Waals surface area contributed by atoms with Crippen molar-refractivity contribution in [2.75, 3.05) is 26.3 Å². The molecule has 0 aromatic heterocycles. The molecule has 3 rings (SSSR count). The summed E-state index contributed by atoms with van der Waals surface area (Å²) in [6.07, 6.45) is 2.09. The molecule has 2 aromatic carbocycles. The number of carbonyl (C=O) groups excluding carboxylic acids is 1. The van der Waals surface area contributed by atoms with Gasteiger partial charge in [0.05, 0.1) is 0 Å². The molecule has 1 heterocycles. The lowest BCUT2D eigenvalue weighted by atomic mass is 9.97. The van der Waals surface area contributed by atoms with E-state index in [0.29, 0.717) is 5.92 Å². The fourth-order valence-electron chi connectivity index (χ4n) is 3.31. The van der Waals surface area contributed by atoms with Gasteiger partial charge in [-0.05, 0) is 42.9 Å². The van der Waals surface area contributed by atoms with Crippen LogP contribution in [-0.2, 0) is 4.74 Å². The largest absolute Gasteiger partial charge is 0.381 e. The van der Waals surface area contributed by atoms with Crippen molar-refractivity contribution in [1.29, 1.82) is 0 Å². The van der Waals surface area contributed by atoms with E-state index >= 15 is 0 Å². The van der Waals surface area contributed by atoms with Gasteiger partial charge in [-0.25, -0.2) is 0 Å². The fourth-order valence-corrected chi connectivity index (χ4v) is 3.31. The van der Waals surface area contributed by atoms with Crippen LogP contribution in [0.15, 0.2) is 54.6 Å². The standard InChI is InChI=1S/C21H25NO2/c1-2-22(16-17-12-14-24-15-13-17)21(23)20-11-7-6-10-19(20)18-8-4-3-5-9-18/h3-11,17H,2,12-16H2,1H3. The van der Waals surface area contributed by atoms with Crippen LogP contribution in [0.1, 0.15) is 30.1 Å². The summed E-state index contributed by atoms with van der Waals surface area (Å²) in [5.74, 6) is 0.676. The van der Waals surface area contributed by atoms with E-state index in [9.17, 15) is 4.79 Å². The second-order valence-electron chi connectivity index (χ2n) is 6.31. The monoisotopic (exact) mass is 323 g/mol. The first-order valence-corrected chi connectivity index (χ1v) is 8.81. The van der Waals surface area contributed by atoms with Crippen LogP contribution in [0.2, 0.25) is 0 Å². The summed E-state index contributed by atoms with van der Waals surface area (Å²) in [5, 5.41) is 0. The number of nitrogens with zero attached hydrogens (tertiary/aromatic N) is 1. The first-order valence-electron chi connectivity index (χ1n) is 8.81. The Kier molecular flexibility index (Phi) is 5.65. The lowest BCUT2D eigenvalue weighted by molar-refractivity contribution is 0.0467. The average Bonchev–Trinajstić information content (AvgIpc) is 2.67. The number of hydrogen-bond donors (Lipinski definition) is 0. The molecular weight excluding hydrogens is 298 g/mol. The van der Waals surface area contributed by atoms with Crippen molar-refractivity contribution >= 4 is 5.91 Å². The lowest BCUT2D eigenvalue weighted by Crippen LogP contribution is -2.37. The summed E-state index contributed by atoms with van der Waals surface area (Å²) < 4.78 is 5.43. The molecule has 1 aliphatic heterocycles. The van der Waals surface area contributed by atoms with Crippen LogP contribution >= 0.6 is 0 Å². The highest BCUT2D eigenvalue weighted by molar-refractivity contribution is 6.00. The molecule has 0 N–H and O–H groups in total.